The minimum absolute atomic E-state index is 0.349. The first-order valence-corrected chi connectivity index (χ1v) is 11.5. The molecule has 0 N–H and O–H groups in total. The van der Waals surface area contributed by atoms with E-state index in [2.05, 4.69) is 15.0 Å². The van der Waals surface area contributed by atoms with Crippen LogP contribution in [0.3, 0.4) is 0 Å². The second-order valence-electron chi connectivity index (χ2n) is 7.89. The number of benzene rings is 1. The van der Waals surface area contributed by atoms with Crippen LogP contribution in [0.1, 0.15) is 29.7 Å². The van der Waals surface area contributed by atoms with Crippen LogP contribution in [0.25, 0.3) is 10.6 Å². The monoisotopic (exact) mass is 449 g/mol. The molecular weight excluding hydrogens is 423 g/mol. The molecule has 0 atom stereocenters. The van der Waals surface area contributed by atoms with Crippen molar-refractivity contribution in [2.75, 3.05) is 32.7 Å². The number of nitrogens with zero attached hydrogens (tertiary/aromatic N) is 3. The number of piperazine rings is 1. The van der Waals surface area contributed by atoms with Crippen molar-refractivity contribution in [1.29, 1.82) is 0 Å². The molecule has 4 rings (SSSR count). The lowest BCUT2D eigenvalue weighted by Gasteiger charge is -2.35. The van der Waals surface area contributed by atoms with Gasteiger partial charge < -0.3 is 9.42 Å². The molecule has 0 amide bonds. The molecule has 0 saturated carbocycles. The Kier molecular flexibility index (Phi) is 7.09. The van der Waals surface area contributed by atoms with Gasteiger partial charge in [0.25, 0.3) is 0 Å². The molecule has 0 radical (unpaired) electrons. The zero-order valence-electron chi connectivity index (χ0n) is 17.3. The Balaban J connectivity index is 1.17. The standard InChI is InChI=1S/C23H26F3N3OS/c24-23(25,26)20-8-2-1-6-18(20)17-29-13-11-28(12-14-29)10-4-3-7-19-16-21(27-30-19)22-9-5-15-31-22/h1-2,5-6,8-9,15-16H,3-4,7,10-14,17H2. The first-order valence-electron chi connectivity index (χ1n) is 10.6. The molecule has 2 aromatic heterocycles. The van der Waals surface area contributed by atoms with E-state index in [0.29, 0.717) is 12.1 Å². The maximum Gasteiger partial charge on any atom is 0.416 e. The van der Waals surface area contributed by atoms with E-state index in [1.807, 2.05) is 23.6 Å². The molecule has 166 valence electrons. The highest BCUT2D eigenvalue weighted by Crippen LogP contribution is 2.32. The van der Waals surface area contributed by atoms with E-state index in [-0.39, 0.29) is 0 Å². The molecule has 1 aliphatic rings. The summed E-state index contributed by atoms with van der Waals surface area (Å²) in [5.74, 6) is 0.913. The summed E-state index contributed by atoms with van der Waals surface area (Å²) in [6, 6.07) is 11.9. The number of aryl methyl sites for hydroxylation is 1. The van der Waals surface area contributed by atoms with Crippen LogP contribution in [0.4, 0.5) is 13.2 Å². The molecule has 0 aliphatic carbocycles. The van der Waals surface area contributed by atoms with E-state index in [4.69, 9.17) is 4.52 Å². The summed E-state index contributed by atoms with van der Waals surface area (Å²) in [6.07, 6.45) is -1.34. The van der Waals surface area contributed by atoms with Gasteiger partial charge in [-0.3, -0.25) is 4.90 Å². The van der Waals surface area contributed by atoms with Gasteiger partial charge in [0.05, 0.1) is 10.4 Å². The summed E-state index contributed by atoms with van der Waals surface area (Å²) in [5, 5.41) is 6.17. The number of thiophene rings is 1. The van der Waals surface area contributed by atoms with Gasteiger partial charge in [-0.25, -0.2) is 0 Å². The van der Waals surface area contributed by atoms with Crippen molar-refractivity contribution in [3.05, 3.63) is 64.7 Å². The molecule has 4 nitrogen and oxygen atoms in total. The number of rotatable bonds is 8. The number of aromatic nitrogens is 1. The van der Waals surface area contributed by atoms with E-state index in [1.165, 1.54) is 12.1 Å². The Morgan fingerprint density at radius 1 is 0.968 bits per heavy atom. The van der Waals surface area contributed by atoms with Gasteiger partial charge in [-0.15, -0.1) is 11.3 Å². The van der Waals surface area contributed by atoms with E-state index in [9.17, 15) is 13.2 Å². The molecule has 0 spiro atoms. The quantitative estimate of drug-likeness (QED) is 0.422. The molecule has 3 aromatic rings. The summed E-state index contributed by atoms with van der Waals surface area (Å²) in [4.78, 5) is 5.62. The van der Waals surface area contributed by atoms with Gasteiger partial charge >= 0.3 is 6.18 Å². The lowest BCUT2D eigenvalue weighted by molar-refractivity contribution is -0.138. The summed E-state index contributed by atoms with van der Waals surface area (Å²) in [6.45, 7) is 4.70. The Morgan fingerprint density at radius 2 is 1.74 bits per heavy atom. The predicted octanol–water partition coefficient (Wildman–Crippen LogP) is 5.56. The highest BCUT2D eigenvalue weighted by molar-refractivity contribution is 7.13. The highest BCUT2D eigenvalue weighted by Gasteiger charge is 2.33. The Morgan fingerprint density at radius 3 is 2.48 bits per heavy atom. The van der Waals surface area contributed by atoms with Crippen LogP contribution < -0.4 is 0 Å². The van der Waals surface area contributed by atoms with Gasteiger partial charge in [-0.05, 0) is 42.5 Å². The number of alkyl halides is 3. The van der Waals surface area contributed by atoms with E-state index in [0.717, 1.165) is 68.3 Å². The minimum atomic E-state index is -4.30. The van der Waals surface area contributed by atoms with Crippen molar-refractivity contribution in [3.63, 3.8) is 0 Å². The molecular formula is C23H26F3N3OS. The Hall–Kier alpha value is -2.16. The topological polar surface area (TPSA) is 32.5 Å². The number of unbranched alkanes of at least 4 members (excludes halogenated alkanes) is 1. The largest absolute Gasteiger partial charge is 0.416 e. The summed E-state index contributed by atoms with van der Waals surface area (Å²) >= 11 is 1.65. The molecule has 0 unspecified atom stereocenters. The fourth-order valence-electron chi connectivity index (χ4n) is 3.95. The predicted molar refractivity (Wildman–Crippen MR) is 116 cm³/mol. The normalized spacial score (nSPS) is 16.1. The Bertz CT molecular complexity index is 947. The lowest BCUT2D eigenvalue weighted by Crippen LogP contribution is -2.46. The highest BCUT2D eigenvalue weighted by atomic mass is 32.1. The lowest BCUT2D eigenvalue weighted by atomic mass is 10.1. The molecule has 1 fully saturated rings. The van der Waals surface area contributed by atoms with Crippen LogP contribution in [-0.4, -0.2) is 47.7 Å². The third-order valence-corrected chi connectivity index (χ3v) is 6.55. The van der Waals surface area contributed by atoms with Gasteiger partial charge in [-0.1, -0.05) is 29.4 Å². The van der Waals surface area contributed by atoms with Gasteiger partial charge in [0.2, 0.25) is 0 Å². The molecule has 0 bridgehead atoms. The fraction of sp³-hybridized carbons (Fsp3) is 0.435. The number of hydrogen-bond acceptors (Lipinski definition) is 5. The van der Waals surface area contributed by atoms with Crippen molar-refractivity contribution < 1.29 is 17.7 Å². The first kappa shape index (κ1) is 22.0. The molecule has 1 aromatic carbocycles. The fourth-order valence-corrected chi connectivity index (χ4v) is 4.63. The Labute approximate surface area is 184 Å². The van der Waals surface area contributed by atoms with Crippen molar-refractivity contribution in [3.8, 4) is 10.6 Å². The summed E-state index contributed by atoms with van der Waals surface area (Å²) in [7, 11) is 0. The average Bonchev–Trinajstić information content (AvgIpc) is 3.44. The SMILES string of the molecule is FC(F)(F)c1ccccc1CN1CCN(CCCCc2cc(-c3cccs3)no2)CC1. The van der Waals surface area contributed by atoms with Crippen molar-refractivity contribution in [1.82, 2.24) is 15.0 Å². The molecule has 8 heteroatoms. The number of halogens is 3. The van der Waals surface area contributed by atoms with Crippen LogP contribution in [-0.2, 0) is 19.1 Å². The van der Waals surface area contributed by atoms with Crippen LogP contribution in [0.5, 0.6) is 0 Å². The van der Waals surface area contributed by atoms with Crippen molar-refractivity contribution >= 4 is 11.3 Å². The van der Waals surface area contributed by atoms with Crippen LogP contribution in [0.15, 0.2) is 52.4 Å². The molecule has 1 saturated heterocycles. The third kappa shape index (κ3) is 5.96. The van der Waals surface area contributed by atoms with Crippen molar-refractivity contribution in [2.24, 2.45) is 0 Å². The van der Waals surface area contributed by atoms with Crippen molar-refractivity contribution in [2.45, 2.75) is 32.0 Å². The first-order chi connectivity index (χ1) is 15.0. The molecule has 3 heterocycles. The number of hydrogen-bond donors (Lipinski definition) is 0. The molecule has 31 heavy (non-hydrogen) atoms. The second kappa shape index (κ2) is 9.97. The van der Waals surface area contributed by atoms with E-state index >= 15 is 0 Å². The van der Waals surface area contributed by atoms with Crippen LogP contribution in [0.2, 0.25) is 0 Å². The van der Waals surface area contributed by atoms with Crippen LogP contribution in [0, 0.1) is 0 Å². The van der Waals surface area contributed by atoms with Gasteiger partial charge in [0.15, 0.2) is 0 Å². The summed E-state index contributed by atoms with van der Waals surface area (Å²) in [5.41, 5.74) is 0.734. The smallest absolute Gasteiger partial charge is 0.361 e. The van der Waals surface area contributed by atoms with E-state index in [1.54, 1.807) is 23.5 Å². The van der Waals surface area contributed by atoms with Gasteiger partial charge in [0, 0.05) is 45.2 Å². The average molecular weight is 450 g/mol. The summed E-state index contributed by atoms with van der Waals surface area (Å²) < 4.78 is 45.0. The minimum Gasteiger partial charge on any atom is -0.361 e. The van der Waals surface area contributed by atoms with Gasteiger partial charge in [-0.2, -0.15) is 13.2 Å². The van der Waals surface area contributed by atoms with Gasteiger partial charge in [0.1, 0.15) is 11.5 Å². The zero-order valence-corrected chi connectivity index (χ0v) is 18.1. The zero-order chi connectivity index (χ0) is 21.7. The molecule has 1 aliphatic heterocycles. The maximum absolute atomic E-state index is 13.2. The van der Waals surface area contributed by atoms with Crippen LogP contribution >= 0.6 is 11.3 Å². The maximum atomic E-state index is 13.2. The van der Waals surface area contributed by atoms with E-state index < -0.39 is 11.7 Å². The third-order valence-electron chi connectivity index (χ3n) is 5.66. The second-order valence-corrected chi connectivity index (χ2v) is 8.83.